The van der Waals surface area contributed by atoms with Crippen molar-refractivity contribution in [3.05, 3.63) is 29.6 Å². The third-order valence-electron chi connectivity index (χ3n) is 2.81. The molecule has 5 nitrogen and oxygen atoms in total. The van der Waals surface area contributed by atoms with E-state index in [0.717, 1.165) is 0 Å². The molecule has 20 heavy (non-hydrogen) atoms. The SMILES string of the molecule is CCC(C)(NC(=O)Nc1cc(F)c(F)c(F)c1)C(=O)O. The summed E-state index contributed by atoms with van der Waals surface area (Å²) < 4.78 is 38.6. The molecule has 0 radical (unpaired) electrons. The van der Waals surface area contributed by atoms with Crippen LogP contribution in [0.3, 0.4) is 0 Å². The van der Waals surface area contributed by atoms with Crippen LogP contribution in [0.1, 0.15) is 20.3 Å². The summed E-state index contributed by atoms with van der Waals surface area (Å²) in [5.74, 6) is -5.83. The van der Waals surface area contributed by atoms with Gasteiger partial charge in [0.2, 0.25) is 0 Å². The van der Waals surface area contributed by atoms with E-state index in [4.69, 9.17) is 5.11 Å². The smallest absolute Gasteiger partial charge is 0.329 e. The Morgan fingerprint density at radius 1 is 1.25 bits per heavy atom. The number of halogens is 3. The lowest BCUT2D eigenvalue weighted by Crippen LogP contribution is -2.53. The summed E-state index contributed by atoms with van der Waals surface area (Å²) in [5.41, 5.74) is -1.86. The Morgan fingerprint density at radius 3 is 2.15 bits per heavy atom. The molecule has 0 saturated carbocycles. The molecule has 0 aliphatic carbocycles. The summed E-state index contributed by atoms with van der Waals surface area (Å²) in [6.07, 6.45) is 0.0991. The minimum absolute atomic E-state index is 0.0991. The highest BCUT2D eigenvalue weighted by Crippen LogP contribution is 2.17. The van der Waals surface area contributed by atoms with E-state index in [0.29, 0.717) is 12.1 Å². The Bertz CT molecular complexity index is 528. The van der Waals surface area contributed by atoms with Gasteiger partial charge in [0.25, 0.3) is 0 Å². The number of hydrogen-bond donors (Lipinski definition) is 3. The van der Waals surface area contributed by atoms with E-state index in [1.807, 2.05) is 5.32 Å². The molecule has 0 bridgehead atoms. The van der Waals surface area contributed by atoms with Crippen LogP contribution in [0.2, 0.25) is 0 Å². The van der Waals surface area contributed by atoms with E-state index in [1.54, 1.807) is 6.92 Å². The zero-order chi connectivity index (χ0) is 15.5. The monoisotopic (exact) mass is 290 g/mol. The van der Waals surface area contributed by atoms with Crippen LogP contribution in [0, 0.1) is 17.5 Å². The first-order valence-corrected chi connectivity index (χ1v) is 5.66. The highest BCUT2D eigenvalue weighted by Gasteiger charge is 2.32. The van der Waals surface area contributed by atoms with Crippen molar-refractivity contribution in [2.75, 3.05) is 5.32 Å². The Balaban J connectivity index is 2.84. The van der Waals surface area contributed by atoms with Gasteiger partial charge in [-0.05, 0) is 13.3 Å². The lowest BCUT2D eigenvalue weighted by molar-refractivity contribution is -0.143. The summed E-state index contributed by atoms with van der Waals surface area (Å²) in [5, 5.41) is 13.2. The molecule has 0 aliphatic heterocycles. The minimum atomic E-state index is -1.65. The summed E-state index contributed by atoms with van der Waals surface area (Å²) in [6, 6.07) is 0.201. The number of nitrogens with one attached hydrogen (secondary N) is 2. The van der Waals surface area contributed by atoms with Crippen molar-refractivity contribution < 1.29 is 27.9 Å². The van der Waals surface area contributed by atoms with Gasteiger partial charge >= 0.3 is 12.0 Å². The number of benzene rings is 1. The van der Waals surface area contributed by atoms with E-state index in [2.05, 4.69) is 5.32 Å². The summed E-state index contributed by atoms with van der Waals surface area (Å²) in [4.78, 5) is 22.6. The van der Waals surface area contributed by atoms with Crippen molar-refractivity contribution in [2.45, 2.75) is 25.8 Å². The van der Waals surface area contributed by atoms with Crippen LogP contribution in [0.5, 0.6) is 0 Å². The summed E-state index contributed by atoms with van der Waals surface area (Å²) in [7, 11) is 0. The van der Waals surface area contributed by atoms with Crippen LogP contribution in [0.25, 0.3) is 0 Å². The van der Waals surface area contributed by atoms with Crippen LogP contribution in [0.15, 0.2) is 12.1 Å². The Morgan fingerprint density at radius 2 is 1.75 bits per heavy atom. The van der Waals surface area contributed by atoms with Crippen LogP contribution in [-0.2, 0) is 4.79 Å². The molecular weight excluding hydrogens is 277 g/mol. The highest BCUT2D eigenvalue weighted by molar-refractivity contribution is 5.93. The first-order chi connectivity index (χ1) is 9.19. The van der Waals surface area contributed by atoms with E-state index in [9.17, 15) is 22.8 Å². The van der Waals surface area contributed by atoms with Gasteiger partial charge in [-0.3, -0.25) is 0 Å². The maximum atomic E-state index is 12.9. The Labute approximate surface area is 112 Å². The molecule has 0 spiro atoms. The fourth-order valence-corrected chi connectivity index (χ4v) is 1.33. The minimum Gasteiger partial charge on any atom is -0.480 e. The number of carbonyl (C=O) groups excluding carboxylic acids is 1. The second kappa shape index (κ2) is 5.81. The zero-order valence-electron chi connectivity index (χ0n) is 10.8. The molecule has 1 rings (SSSR count). The third-order valence-corrected chi connectivity index (χ3v) is 2.81. The topological polar surface area (TPSA) is 78.4 Å². The third kappa shape index (κ3) is 3.40. The number of carboxylic acids is 1. The molecule has 0 saturated heterocycles. The van der Waals surface area contributed by atoms with Crippen LogP contribution >= 0.6 is 0 Å². The van der Waals surface area contributed by atoms with Crippen molar-refractivity contribution >= 4 is 17.7 Å². The van der Waals surface area contributed by atoms with Gasteiger partial charge in [-0.1, -0.05) is 6.92 Å². The summed E-state index contributed by atoms with van der Waals surface area (Å²) in [6.45, 7) is 2.83. The number of carbonyl (C=O) groups is 2. The van der Waals surface area contributed by atoms with Gasteiger partial charge in [0, 0.05) is 17.8 Å². The van der Waals surface area contributed by atoms with Gasteiger partial charge in [0.1, 0.15) is 5.54 Å². The number of anilines is 1. The first-order valence-electron chi connectivity index (χ1n) is 5.66. The molecule has 8 heteroatoms. The second-order valence-electron chi connectivity index (χ2n) is 4.32. The lowest BCUT2D eigenvalue weighted by atomic mass is 10.00. The molecule has 0 aliphatic rings. The summed E-state index contributed by atoms with van der Waals surface area (Å²) >= 11 is 0. The zero-order valence-corrected chi connectivity index (χ0v) is 10.8. The largest absolute Gasteiger partial charge is 0.480 e. The van der Waals surface area contributed by atoms with Crippen LogP contribution in [-0.4, -0.2) is 22.6 Å². The van der Waals surface area contributed by atoms with Crippen molar-refractivity contribution in [1.82, 2.24) is 5.32 Å². The predicted octanol–water partition coefficient (Wildman–Crippen LogP) is 2.48. The average molecular weight is 290 g/mol. The fraction of sp³-hybridized carbons (Fsp3) is 0.333. The number of rotatable bonds is 4. The van der Waals surface area contributed by atoms with Crippen LogP contribution in [0.4, 0.5) is 23.7 Å². The molecule has 2 amide bonds. The van der Waals surface area contributed by atoms with Crippen molar-refractivity contribution in [2.24, 2.45) is 0 Å². The number of hydrogen-bond acceptors (Lipinski definition) is 2. The fourth-order valence-electron chi connectivity index (χ4n) is 1.33. The van der Waals surface area contributed by atoms with Gasteiger partial charge in [-0.25, -0.2) is 22.8 Å². The van der Waals surface area contributed by atoms with Gasteiger partial charge in [0.05, 0.1) is 0 Å². The van der Waals surface area contributed by atoms with E-state index < -0.39 is 35.0 Å². The van der Waals surface area contributed by atoms with E-state index in [-0.39, 0.29) is 12.1 Å². The van der Waals surface area contributed by atoms with E-state index in [1.165, 1.54) is 6.92 Å². The Kier molecular flexibility index (Phi) is 4.59. The number of urea groups is 1. The normalized spacial score (nSPS) is 13.4. The molecule has 110 valence electrons. The standard InChI is InChI=1S/C12H13F3N2O3/c1-3-12(2,10(18)19)17-11(20)16-6-4-7(13)9(15)8(14)5-6/h4-5H,3H2,1-2H3,(H,18,19)(H2,16,17,20). The first kappa shape index (κ1) is 15.8. The molecule has 1 atom stereocenters. The molecule has 0 aromatic heterocycles. The van der Waals surface area contributed by atoms with Crippen molar-refractivity contribution in [1.29, 1.82) is 0 Å². The number of amides is 2. The molecule has 1 unspecified atom stereocenters. The molecular formula is C12H13F3N2O3. The number of carboxylic acid groups (broad SMARTS) is 1. The van der Waals surface area contributed by atoms with Crippen molar-refractivity contribution in [3.63, 3.8) is 0 Å². The molecule has 1 aromatic rings. The lowest BCUT2D eigenvalue weighted by Gasteiger charge is -2.24. The van der Waals surface area contributed by atoms with Gasteiger partial charge in [-0.15, -0.1) is 0 Å². The van der Waals surface area contributed by atoms with Gasteiger partial charge in [-0.2, -0.15) is 0 Å². The molecule has 0 heterocycles. The molecule has 0 fully saturated rings. The average Bonchev–Trinajstić information content (AvgIpc) is 2.35. The van der Waals surface area contributed by atoms with Gasteiger partial charge < -0.3 is 15.7 Å². The highest BCUT2D eigenvalue weighted by atomic mass is 19.2. The van der Waals surface area contributed by atoms with Crippen LogP contribution < -0.4 is 10.6 Å². The number of aliphatic carboxylic acids is 1. The second-order valence-corrected chi connectivity index (χ2v) is 4.32. The quantitative estimate of drug-likeness (QED) is 0.745. The predicted molar refractivity (Wildman–Crippen MR) is 64.8 cm³/mol. The Hall–Kier alpha value is -2.25. The molecule has 3 N–H and O–H groups in total. The maximum Gasteiger partial charge on any atom is 0.329 e. The van der Waals surface area contributed by atoms with Gasteiger partial charge in [0.15, 0.2) is 17.5 Å². The maximum absolute atomic E-state index is 12.9. The molecule has 1 aromatic carbocycles. The van der Waals surface area contributed by atoms with E-state index >= 15 is 0 Å². The van der Waals surface area contributed by atoms with Crippen molar-refractivity contribution in [3.8, 4) is 0 Å².